The molecule has 0 unspecified atom stereocenters. The molecule has 12 heteroatoms. The van der Waals surface area contributed by atoms with Gasteiger partial charge >= 0.3 is 0 Å². The third-order valence-corrected chi connectivity index (χ3v) is 6.16. The highest BCUT2D eigenvalue weighted by atomic mass is 16.5. The number of carbonyl (C=O) groups excluding carboxylic acids is 1. The molecule has 2 fully saturated rings. The number of nitriles is 1. The Hall–Kier alpha value is -4.18. The summed E-state index contributed by atoms with van der Waals surface area (Å²) in [5, 5.41) is 25.4. The van der Waals surface area contributed by atoms with Crippen molar-refractivity contribution in [1.29, 1.82) is 5.26 Å². The normalized spacial score (nSPS) is 17.8. The van der Waals surface area contributed by atoms with E-state index in [2.05, 4.69) is 36.6 Å². The highest BCUT2D eigenvalue weighted by Gasteiger charge is 2.23. The van der Waals surface area contributed by atoms with E-state index in [1.54, 1.807) is 30.6 Å². The fraction of sp³-hybridized carbons (Fsp3) is 0.360. The van der Waals surface area contributed by atoms with Crippen molar-refractivity contribution in [2.75, 3.05) is 61.5 Å². The van der Waals surface area contributed by atoms with E-state index >= 15 is 0 Å². The van der Waals surface area contributed by atoms with Crippen molar-refractivity contribution in [2.24, 2.45) is 0 Å². The lowest BCUT2D eigenvalue weighted by Crippen LogP contribution is -2.41. The molecule has 0 spiro atoms. The Kier molecular flexibility index (Phi) is 7.46. The lowest BCUT2D eigenvalue weighted by molar-refractivity contribution is -0.118. The summed E-state index contributed by atoms with van der Waals surface area (Å²) in [5.41, 5.74) is 2.74. The quantitative estimate of drug-likeness (QED) is 0.430. The molecule has 12 nitrogen and oxygen atoms in total. The third-order valence-electron chi connectivity index (χ3n) is 6.16. The molecule has 37 heavy (non-hydrogen) atoms. The van der Waals surface area contributed by atoms with Crippen LogP contribution in [0.5, 0.6) is 0 Å². The van der Waals surface area contributed by atoms with Gasteiger partial charge in [-0.2, -0.15) is 5.26 Å². The van der Waals surface area contributed by atoms with Gasteiger partial charge < -0.3 is 25.4 Å². The number of rotatable bonds is 7. The second-order valence-corrected chi connectivity index (χ2v) is 8.82. The van der Waals surface area contributed by atoms with Crippen LogP contribution in [0.1, 0.15) is 12.1 Å². The molecule has 3 aromatic heterocycles. The minimum atomic E-state index is -0.392. The Bertz CT molecular complexity index is 1290. The van der Waals surface area contributed by atoms with Gasteiger partial charge in [0, 0.05) is 32.4 Å². The van der Waals surface area contributed by atoms with Crippen LogP contribution in [0.3, 0.4) is 0 Å². The predicted molar refractivity (Wildman–Crippen MR) is 136 cm³/mol. The zero-order valence-electron chi connectivity index (χ0n) is 20.2. The second-order valence-electron chi connectivity index (χ2n) is 8.82. The molecule has 3 aromatic rings. The predicted octanol–water partition coefficient (Wildman–Crippen LogP) is 1.39. The Morgan fingerprint density at radius 2 is 1.95 bits per heavy atom. The van der Waals surface area contributed by atoms with Crippen LogP contribution in [0.25, 0.3) is 11.4 Å². The minimum Gasteiger partial charge on any atom is -0.391 e. The van der Waals surface area contributed by atoms with Gasteiger partial charge in [-0.1, -0.05) is 0 Å². The van der Waals surface area contributed by atoms with E-state index < -0.39 is 6.10 Å². The summed E-state index contributed by atoms with van der Waals surface area (Å²) in [5.74, 6) is 0.676. The summed E-state index contributed by atoms with van der Waals surface area (Å²) in [6, 6.07) is 11.0. The summed E-state index contributed by atoms with van der Waals surface area (Å²) >= 11 is 0. The molecule has 0 saturated carbocycles. The minimum absolute atomic E-state index is 0.123. The number of aliphatic hydroxyl groups is 1. The third kappa shape index (κ3) is 6.15. The number of β-amino-alcohol motifs (C(OH)–C–C–N with tert-alkyl or cyclic N) is 1. The second kappa shape index (κ2) is 11.3. The molecular weight excluding hydrogens is 474 g/mol. The zero-order valence-corrected chi connectivity index (χ0v) is 20.2. The Balaban J connectivity index is 1.23. The number of aliphatic hydroxyl groups excluding tert-OH is 1. The summed E-state index contributed by atoms with van der Waals surface area (Å²) in [6.07, 6.45) is 3.48. The first-order valence-corrected chi connectivity index (χ1v) is 12.1. The summed E-state index contributed by atoms with van der Waals surface area (Å²) in [6.45, 7) is 4.23. The van der Waals surface area contributed by atoms with E-state index in [0.29, 0.717) is 73.8 Å². The van der Waals surface area contributed by atoms with Crippen LogP contribution in [-0.2, 0) is 9.53 Å². The van der Waals surface area contributed by atoms with Crippen LogP contribution >= 0.6 is 0 Å². The van der Waals surface area contributed by atoms with Gasteiger partial charge in [0.15, 0.2) is 5.69 Å². The van der Waals surface area contributed by atoms with Gasteiger partial charge in [-0.3, -0.25) is 9.69 Å². The average Bonchev–Trinajstić information content (AvgIpc) is 3.36. The van der Waals surface area contributed by atoms with E-state index in [0.717, 1.165) is 13.1 Å². The number of amides is 1. The smallest absolute Gasteiger partial charge is 0.239 e. The summed E-state index contributed by atoms with van der Waals surface area (Å²) in [7, 11) is 0. The van der Waals surface area contributed by atoms with Crippen LogP contribution in [0.4, 0.5) is 23.1 Å². The average molecular weight is 502 g/mol. The molecule has 1 amide bonds. The SMILES string of the molecule is N#Cc1nc(-c2ccnc(Nc3ccc(NC(=O)CN4CCOCC4)nc3)n2)ccc1N1CC[C@H](O)C1. The van der Waals surface area contributed by atoms with Crippen LogP contribution in [0.15, 0.2) is 42.7 Å². The van der Waals surface area contributed by atoms with E-state index in [9.17, 15) is 15.2 Å². The number of hydrogen-bond acceptors (Lipinski definition) is 11. The number of carbonyl (C=O) groups is 1. The number of pyridine rings is 2. The van der Waals surface area contributed by atoms with Gasteiger partial charge in [-0.15, -0.1) is 0 Å². The van der Waals surface area contributed by atoms with Crippen LogP contribution in [-0.4, -0.2) is 87.9 Å². The zero-order chi connectivity index (χ0) is 25.6. The number of ether oxygens (including phenoxy) is 1. The van der Waals surface area contributed by atoms with Gasteiger partial charge in [-0.25, -0.2) is 19.9 Å². The summed E-state index contributed by atoms with van der Waals surface area (Å²) < 4.78 is 5.30. The van der Waals surface area contributed by atoms with E-state index in [1.807, 2.05) is 21.9 Å². The topological polar surface area (TPSA) is 152 Å². The van der Waals surface area contributed by atoms with Crippen molar-refractivity contribution in [3.63, 3.8) is 0 Å². The molecule has 2 saturated heterocycles. The number of nitrogens with one attached hydrogen (secondary N) is 2. The Morgan fingerprint density at radius 1 is 1.11 bits per heavy atom. The molecular formula is C25H27N9O3. The van der Waals surface area contributed by atoms with Crippen LogP contribution in [0.2, 0.25) is 0 Å². The van der Waals surface area contributed by atoms with E-state index in [-0.39, 0.29) is 11.6 Å². The lowest BCUT2D eigenvalue weighted by atomic mass is 10.2. The maximum Gasteiger partial charge on any atom is 0.239 e. The van der Waals surface area contributed by atoms with Gasteiger partial charge in [0.25, 0.3) is 0 Å². The molecule has 0 radical (unpaired) electrons. The first-order valence-electron chi connectivity index (χ1n) is 12.1. The first kappa shape index (κ1) is 24.5. The van der Waals surface area contributed by atoms with E-state index in [1.165, 1.54) is 0 Å². The fourth-order valence-electron chi connectivity index (χ4n) is 4.27. The van der Waals surface area contributed by atoms with Crippen molar-refractivity contribution in [3.8, 4) is 17.5 Å². The largest absolute Gasteiger partial charge is 0.391 e. The van der Waals surface area contributed by atoms with Crippen molar-refractivity contribution >= 4 is 29.0 Å². The number of hydrogen-bond donors (Lipinski definition) is 3. The van der Waals surface area contributed by atoms with Crippen molar-refractivity contribution in [3.05, 3.63) is 48.4 Å². The fourth-order valence-corrected chi connectivity index (χ4v) is 4.27. The molecule has 2 aliphatic heterocycles. The molecule has 190 valence electrons. The van der Waals surface area contributed by atoms with Crippen molar-refractivity contribution < 1.29 is 14.6 Å². The Labute approximate surface area is 214 Å². The molecule has 5 rings (SSSR count). The molecule has 1 atom stereocenters. The van der Waals surface area contributed by atoms with Crippen LogP contribution in [0, 0.1) is 11.3 Å². The number of morpholine rings is 1. The molecule has 3 N–H and O–H groups in total. The van der Waals surface area contributed by atoms with Gasteiger partial charge in [0.2, 0.25) is 11.9 Å². The van der Waals surface area contributed by atoms with Crippen LogP contribution < -0.4 is 15.5 Å². The van der Waals surface area contributed by atoms with Crippen molar-refractivity contribution in [1.82, 2.24) is 24.8 Å². The number of aromatic nitrogens is 4. The first-order chi connectivity index (χ1) is 18.1. The lowest BCUT2D eigenvalue weighted by Gasteiger charge is -2.25. The van der Waals surface area contributed by atoms with Gasteiger partial charge in [-0.05, 0) is 36.8 Å². The number of nitrogens with zero attached hydrogens (tertiary/aromatic N) is 7. The number of anilines is 4. The van der Waals surface area contributed by atoms with E-state index in [4.69, 9.17) is 4.74 Å². The molecule has 0 aliphatic carbocycles. The summed E-state index contributed by atoms with van der Waals surface area (Å²) in [4.78, 5) is 33.9. The van der Waals surface area contributed by atoms with Gasteiger partial charge in [0.05, 0.1) is 54.8 Å². The van der Waals surface area contributed by atoms with Gasteiger partial charge in [0.1, 0.15) is 11.9 Å². The Morgan fingerprint density at radius 3 is 2.68 bits per heavy atom. The highest BCUT2D eigenvalue weighted by molar-refractivity contribution is 5.91. The maximum atomic E-state index is 12.3. The monoisotopic (exact) mass is 501 g/mol. The standard InChI is InChI=1S/C25H27N9O3/c26-13-21-22(34-8-6-18(35)15-34)3-2-19(30-21)20-5-7-27-25(31-20)29-17-1-4-23(28-14-17)32-24(36)16-33-9-11-37-12-10-33/h1-5,7,14,18,35H,6,8-12,15-16H2,(H,27,29,31)(H,28,32,36)/t18-/m0/s1. The molecule has 5 heterocycles. The van der Waals surface area contributed by atoms with Crippen molar-refractivity contribution in [2.45, 2.75) is 12.5 Å². The maximum absolute atomic E-state index is 12.3. The molecule has 0 bridgehead atoms. The molecule has 0 aromatic carbocycles. The highest BCUT2D eigenvalue weighted by Crippen LogP contribution is 2.27. The molecule has 2 aliphatic rings.